The van der Waals surface area contributed by atoms with Gasteiger partial charge in [-0.25, -0.2) is 0 Å². The van der Waals surface area contributed by atoms with Crippen LogP contribution in [0.25, 0.3) is 0 Å². The van der Waals surface area contributed by atoms with Crippen LogP contribution in [-0.4, -0.2) is 16.1 Å². The number of hydrogen-bond acceptors (Lipinski definition) is 0. The number of allylic oxidation sites excluding steroid dienone is 8. The van der Waals surface area contributed by atoms with Gasteiger partial charge in [0.05, 0.1) is 0 Å². The van der Waals surface area contributed by atoms with Crippen molar-refractivity contribution in [1.82, 2.24) is 0 Å². The van der Waals surface area contributed by atoms with Crippen LogP contribution in [0.4, 0.5) is 0 Å². The summed E-state index contributed by atoms with van der Waals surface area (Å²) >= 11 is -0.905. The second kappa shape index (κ2) is 8.00. The first-order valence-corrected chi connectivity index (χ1v) is 19.1. The smallest absolute Gasteiger partial charge is 1.00 e. The predicted molar refractivity (Wildman–Crippen MR) is 98.3 cm³/mol. The molecule has 0 aromatic heterocycles. The average Bonchev–Trinajstić information content (AvgIpc) is 2.84. The molecular weight excluding hydrogens is 489 g/mol. The molecule has 0 saturated carbocycles. The second-order valence-electron chi connectivity index (χ2n) is 9.12. The number of hydrogen-bond donors (Lipinski definition) is 0. The molecule has 128 valence electrons. The molecule has 0 aliphatic heterocycles. The summed E-state index contributed by atoms with van der Waals surface area (Å²) in [6.45, 7) is 15.2. The van der Waals surface area contributed by atoms with Gasteiger partial charge in [-0.1, -0.05) is 0 Å². The van der Waals surface area contributed by atoms with Crippen molar-refractivity contribution in [3.8, 4) is 0 Å². The standard InChI is InChI=1S/2C9H15Si.2FH.Hf/c2*1-10(2,3)8-9-6-4-5-7-9;;;/h2*4-7H,8H2,1-3H3;2*1H;/q;;;;+2/p-2. The summed E-state index contributed by atoms with van der Waals surface area (Å²) in [5.74, 6) is 0. The number of halogens is 2. The van der Waals surface area contributed by atoms with Gasteiger partial charge in [-0.05, 0) is 0 Å². The maximum atomic E-state index is 2.57. The van der Waals surface area contributed by atoms with Crippen LogP contribution in [0.2, 0.25) is 57.7 Å². The molecule has 0 fully saturated rings. The Labute approximate surface area is 154 Å². The van der Waals surface area contributed by atoms with Crippen LogP contribution in [0.15, 0.2) is 48.6 Å². The van der Waals surface area contributed by atoms with Crippen molar-refractivity contribution in [3.63, 3.8) is 0 Å². The normalized spacial score (nSPS) is 20.1. The Morgan fingerprint density at radius 2 is 0.870 bits per heavy atom. The van der Waals surface area contributed by atoms with E-state index in [9.17, 15) is 0 Å². The topological polar surface area (TPSA) is 0 Å². The maximum absolute atomic E-state index is 2.57. The monoisotopic (exact) mass is 520 g/mol. The van der Waals surface area contributed by atoms with E-state index in [2.05, 4.69) is 87.9 Å². The van der Waals surface area contributed by atoms with Gasteiger partial charge in [-0.15, -0.1) is 0 Å². The predicted octanol–water partition coefficient (Wildman–Crippen LogP) is 0.323. The molecule has 0 nitrogen and oxygen atoms in total. The Bertz CT molecular complexity index is 438. The van der Waals surface area contributed by atoms with E-state index >= 15 is 0 Å². The van der Waals surface area contributed by atoms with Crippen LogP contribution >= 0.6 is 0 Å². The van der Waals surface area contributed by atoms with Crippen molar-refractivity contribution >= 4 is 16.1 Å². The Balaban J connectivity index is 0.00000242. The van der Waals surface area contributed by atoms with E-state index in [1.165, 1.54) is 12.1 Å². The second-order valence-corrected chi connectivity index (χ2v) is 27.7. The van der Waals surface area contributed by atoms with E-state index in [1.54, 1.807) is 0 Å². The minimum atomic E-state index is -1.05. The molecule has 2 aliphatic carbocycles. The molecule has 0 atom stereocenters. The first-order valence-electron chi connectivity index (χ1n) is 8.07. The summed E-state index contributed by atoms with van der Waals surface area (Å²) in [6, 6.07) is 2.90. The van der Waals surface area contributed by atoms with Crippen molar-refractivity contribution < 1.29 is 32.3 Å². The summed E-state index contributed by atoms with van der Waals surface area (Å²) in [7, 11) is -2.10. The Morgan fingerprint density at radius 3 is 1.09 bits per heavy atom. The molecule has 0 saturated heterocycles. The van der Waals surface area contributed by atoms with Gasteiger partial charge in [0.15, 0.2) is 0 Å². The van der Waals surface area contributed by atoms with Crippen LogP contribution in [0.3, 0.4) is 0 Å². The first kappa shape index (κ1) is 23.1. The van der Waals surface area contributed by atoms with E-state index in [4.69, 9.17) is 0 Å². The fraction of sp³-hybridized carbons (Fsp3) is 0.556. The van der Waals surface area contributed by atoms with Crippen LogP contribution in [0.1, 0.15) is 0 Å². The van der Waals surface area contributed by atoms with Crippen molar-refractivity contribution in [2.75, 3.05) is 0 Å². The van der Waals surface area contributed by atoms with E-state index in [1.807, 2.05) is 0 Å². The molecule has 0 amide bonds. The fourth-order valence-electron chi connectivity index (χ4n) is 3.70. The molecule has 0 aromatic carbocycles. The molecule has 0 N–H and O–H groups in total. The minimum absolute atomic E-state index is 0. The van der Waals surface area contributed by atoms with Crippen molar-refractivity contribution in [3.05, 3.63) is 48.6 Å². The molecule has 0 spiro atoms. The summed E-state index contributed by atoms with van der Waals surface area (Å²) in [6.07, 6.45) is 19.5. The summed E-state index contributed by atoms with van der Waals surface area (Å²) in [5, 5.41) is 0. The van der Waals surface area contributed by atoms with E-state index in [0.717, 1.165) is 0 Å². The molecular formula is C18H30F2HfSi2. The van der Waals surface area contributed by atoms with Gasteiger partial charge in [-0.3, -0.25) is 0 Å². The molecule has 2 aliphatic rings. The van der Waals surface area contributed by atoms with Gasteiger partial charge in [0, 0.05) is 0 Å². The SMILES string of the molecule is C[Si](C)(C)C[C]1([Hf+2][C]2(C[Si](C)(C)C)C=CC=C2)C=CC=C1.[F-].[F-]. The van der Waals surface area contributed by atoms with Gasteiger partial charge < -0.3 is 9.41 Å². The largest absolute Gasteiger partial charge is 1.00 e. The molecule has 5 heteroatoms. The van der Waals surface area contributed by atoms with Gasteiger partial charge in [0.1, 0.15) is 0 Å². The average molecular weight is 519 g/mol. The quantitative estimate of drug-likeness (QED) is 0.444. The molecule has 2 rings (SSSR count). The van der Waals surface area contributed by atoms with Gasteiger partial charge in [0.25, 0.3) is 0 Å². The van der Waals surface area contributed by atoms with Crippen molar-refractivity contribution in [1.29, 1.82) is 0 Å². The zero-order valence-corrected chi connectivity index (χ0v) is 20.9. The molecule has 0 bridgehead atoms. The third-order valence-electron chi connectivity index (χ3n) is 3.91. The van der Waals surface area contributed by atoms with Gasteiger partial charge in [-0.2, -0.15) is 0 Å². The third kappa shape index (κ3) is 6.87. The van der Waals surface area contributed by atoms with E-state index in [0.29, 0.717) is 6.34 Å². The Kier molecular flexibility index (Phi) is 8.05. The fourth-order valence-corrected chi connectivity index (χ4v) is 26.9. The van der Waals surface area contributed by atoms with Crippen LogP contribution in [0.5, 0.6) is 0 Å². The van der Waals surface area contributed by atoms with E-state index in [-0.39, 0.29) is 9.41 Å². The molecule has 23 heavy (non-hydrogen) atoms. The molecule has 0 aromatic rings. The van der Waals surface area contributed by atoms with Crippen LogP contribution < -0.4 is 9.41 Å². The van der Waals surface area contributed by atoms with Crippen molar-refractivity contribution in [2.24, 2.45) is 0 Å². The molecule has 0 unspecified atom stereocenters. The van der Waals surface area contributed by atoms with Crippen LogP contribution in [-0.2, 0) is 22.9 Å². The van der Waals surface area contributed by atoms with Crippen molar-refractivity contribution in [2.45, 2.75) is 57.7 Å². The summed E-state index contributed by atoms with van der Waals surface area (Å²) in [5.41, 5.74) is 0. The summed E-state index contributed by atoms with van der Waals surface area (Å²) < 4.78 is 0.978. The van der Waals surface area contributed by atoms with Gasteiger partial charge >= 0.3 is 145 Å². The number of rotatable bonds is 6. The Morgan fingerprint density at radius 1 is 0.609 bits per heavy atom. The Hall–Kier alpha value is 0.124. The van der Waals surface area contributed by atoms with Gasteiger partial charge in [0.2, 0.25) is 0 Å². The minimum Gasteiger partial charge on any atom is -1.00 e. The zero-order chi connectivity index (χ0) is 15.8. The third-order valence-corrected chi connectivity index (χ3v) is 16.7. The van der Waals surface area contributed by atoms with Crippen LogP contribution in [0, 0.1) is 0 Å². The first-order chi connectivity index (χ1) is 9.54. The zero-order valence-electron chi connectivity index (χ0n) is 15.3. The molecule has 0 heterocycles. The van der Waals surface area contributed by atoms with E-state index < -0.39 is 39.1 Å². The summed E-state index contributed by atoms with van der Waals surface area (Å²) in [4.78, 5) is 0. The molecule has 0 radical (unpaired) electrons. The maximum Gasteiger partial charge on any atom is -1.00 e.